The Bertz CT molecular complexity index is 960. The SMILES string of the molecule is Cn1nc(C(=O)N2CCC(c3nn(C)c(=O)n3C3CC3)CC2)ccc1=O. The average molecular weight is 358 g/mol. The molecular formula is C17H22N6O3. The number of hydrogen-bond donors (Lipinski definition) is 0. The quantitative estimate of drug-likeness (QED) is 0.771. The standard InChI is InChI=1S/C17H22N6O3/c1-20-14(24)6-5-13(18-20)16(25)22-9-7-11(8-10-22)15-19-21(2)17(26)23(15)12-3-4-12/h5-6,11-12H,3-4,7-10H2,1-2H3. The van der Waals surface area contributed by atoms with E-state index in [1.54, 1.807) is 11.9 Å². The zero-order chi connectivity index (χ0) is 18.4. The fourth-order valence-corrected chi connectivity index (χ4v) is 3.57. The molecule has 3 heterocycles. The van der Waals surface area contributed by atoms with Crippen LogP contribution in [0.1, 0.15) is 54.0 Å². The van der Waals surface area contributed by atoms with Gasteiger partial charge < -0.3 is 4.90 Å². The van der Waals surface area contributed by atoms with Crippen molar-refractivity contribution in [2.75, 3.05) is 13.1 Å². The second-order valence-electron chi connectivity index (χ2n) is 7.11. The van der Waals surface area contributed by atoms with E-state index in [1.807, 2.05) is 4.57 Å². The molecule has 1 aliphatic heterocycles. The minimum atomic E-state index is -0.242. The van der Waals surface area contributed by atoms with Crippen molar-refractivity contribution < 1.29 is 4.79 Å². The van der Waals surface area contributed by atoms with Gasteiger partial charge in [0.25, 0.3) is 11.5 Å². The third-order valence-corrected chi connectivity index (χ3v) is 5.22. The molecule has 0 N–H and O–H groups in total. The molecule has 1 amide bonds. The van der Waals surface area contributed by atoms with Crippen LogP contribution in [0.4, 0.5) is 0 Å². The highest BCUT2D eigenvalue weighted by Gasteiger charge is 2.34. The maximum atomic E-state index is 12.6. The fourth-order valence-electron chi connectivity index (χ4n) is 3.57. The Morgan fingerprint density at radius 1 is 1.00 bits per heavy atom. The summed E-state index contributed by atoms with van der Waals surface area (Å²) >= 11 is 0. The Morgan fingerprint density at radius 2 is 1.69 bits per heavy atom. The zero-order valence-corrected chi connectivity index (χ0v) is 15.0. The van der Waals surface area contributed by atoms with Crippen LogP contribution in [0, 0.1) is 0 Å². The van der Waals surface area contributed by atoms with E-state index in [2.05, 4.69) is 10.2 Å². The van der Waals surface area contributed by atoms with E-state index in [-0.39, 0.29) is 28.8 Å². The highest BCUT2D eigenvalue weighted by molar-refractivity contribution is 5.92. The summed E-state index contributed by atoms with van der Waals surface area (Å²) in [6.45, 7) is 1.17. The lowest BCUT2D eigenvalue weighted by atomic mass is 9.95. The van der Waals surface area contributed by atoms with Gasteiger partial charge in [0.05, 0.1) is 0 Å². The number of carbonyl (C=O) groups is 1. The Morgan fingerprint density at radius 3 is 2.31 bits per heavy atom. The Kier molecular flexibility index (Phi) is 4.01. The number of carbonyl (C=O) groups excluding carboxylic acids is 1. The predicted molar refractivity (Wildman–Crippen MR) is 93.1 cm³/mol. The predicted octanol–water partition coefficient (Wildman–Crippen LogP) is 0.0302. The molecule has 0 spiro atoms. The van der Waals surface area contributed by atoms with E-state index in [1.165, 1.54) is 28.5 Å². The van der Waals surface area contributed by atoms with Gasteiger partial charge in [0.2, 0.25) is 0 Å². The molecule has 0 atom stereocenters. The van der Waals surface area contributed by atoms with Crippen molar-refractivity contribution in [3.05, 3.63) is 44.5 Å². The Labute approximate surface area is 149 Å². The lowest BCUT2D eigenvalue weighted by Gasteiger charge is -2.31. The van der Waals surface area contributed by atoms with Crippen molar-refractivity contribution in [1.29, 1.82) is 0 Å². The van der Waals surface area contributed by atoms with E-state index in [4.69, 9.17) is 0 Å². The molecule has 26 heavy (non-hydrogen) atoms. The molecule has 1 aliphatic carbocycles. The minimum Gasteiger partial charge on any atom is -0.337 e. The molecule has 2 fully saturated rings. The summed E-state index contributed by atoms with van der Waals surface area (Å²) in [5.74, 6) is 0.869. The number of aromatic nitrogens is 5. The van der Waals surface area contributed by atoms with Gasteiger partial charge in [-0.2, -0.15) is 10.2 Å². The minimum absolute atomic E-state index is 0.0459. The van der Waals surface area contributed by atoms with Crippen molar-refractivity contribution in [2.45, 2.75) is 37.6 Å². The van der Waals surface area contributed by atoms with E-state index < -0.39 is 0 Å². The third-order valence-electron chi connectivity index (χ3n) is 5.22. The van der Waals surface area contributed by atoms with Crippen molar-refractivity contribution in [1.82, 2.24) is 29.0 Å². The van der Waals surface area contributed by atoms with Crippen LogP contribution in [-0.4, -0.2) is 48.0 Å². The highest BCUT2D eigenvalue weighted by Crippen LogP contribution is 2.37. The first-order valence-electron chi connectivity index (χ1n) is 8.95. The summed E-state index contributed by atoms with van der Waals surface area (Å²) in [4.78, 5) is 38.1. The van der Waals surface area contributed by atoms with E-state index >= 15 is 0 Å². The van der Waals surface area contributed by atoms with Crippen molar-refractivity contribution >= 4 is 5.91 Å². The average Bonchev–Trinajstić information content (AvgIpc) is 3.43. The van der Waals surface area contributed by atoms with Crippen LogP contribution in [0.3, 0.4) is 0 Å². The van der Waals surface area contributed by atoms with Crippen LogP contribution in [0.5, 0.6) is 0 Å². The molecule has 2 aromatic rings. The van der Waals surface area contributed by atoms with Crippen LogP contribution in [-0.2, 0) is 14.1 Å². The number of aryl methyl sites for hydroxylation is 2. The Hall–Kier alpha value is -2.71. The van der Waals surface area contributed by atoms with Crippen LogP contribution in [0.15, 0.2) is 21.7 Å². The van der Waals surface area contributed by atoms with Crippen LogP contribution < -0.4 is 11.2 Å². The smallest absolute Gasteiger partial charge is 0.337 e. The van der Waals surface area contributed by atoms with Gasteiger partial charge in [-0.3, -0.25) is 14.2 Å². The number of nitrogens with zero attached hydrogens (tertiary/aromatic N) is 6. The van der Waals surface area contributed by atoms with Crippen molar-refractivity contribution in [3.8, 4) is 0 Å². The van der Waals surface area contributed by atoms with Crippen LogP contribution >= 0.6 is 0 Å². The summed E-state index contributed by atoms with van der Waals surface area (Å²) in [6, 6.07) is 3.12. The van der Waals surface area contributed by atoms with E-state index in [0.717, 1.165) is 31.5 Å². The molecule has 2 aromatic heterocycles. The van der Waals surface area contributed by atoms with Gasteiger partial charge in [-0.1, -0.05) is 0 Å². The monoisotopic (exact) mass is 358 g/mol. The largest absolute Gasteiger partial charge is 0.345 e. The number of amides is 1. The number of likely N-dealkylation sites (tertiary alicyclic amines) is 1. The fraction of sp³-hybridized carbons (Fsp3) is 0.588. The molecule has 1 saturated carbocycles. The van der Waals surface area contributed by atoms with Gasteiger partial charge in [0.1, 0.15) is 11.5 Å². The molecule has 138 valence electrons. The third kappa shape index (κ3) is 2.87. The number of rotatable bonds is 3. The molecule has 2 aliphatic rings. The summed E-state index contributed by atoms with van der Waals surface area (Å²) in [6.07, 6.45) is 3.60. The molecule has 0 radical (unpaired) electrons. The van der Waals surface area contributed by atoms with Gasteiger partial charge >= 0.3 is 5.69 Å². The Balaban J connectivity index is 1.48. The van der Waals surface area contributed by atoms with E-state index in [9.17, 15) is 14.4 Å². The first-order valence-corrected chi connectivity index (χ1v) is 8.95. The number of hydrogen-bond acceptors (Lipinski definition) is 5. The first kappa shape index (κ1) is 16.7. The molecule has 1 saturated heterocycles. The normalized spacial score (nSPS) is 18.3. The van der Waals surface area contributed by atoms with Crippen LogP contribution in [0.2, 0.25) is 0 Å². The highest BCUT2D eigenvalue weighted by atomic mass is 16.2. The maximum absolute atomic E-state index is 12.6. The second kappa shape index (κ2) is 6.22. The molecule has 0 bridgehead atoms. The molecular weight excluding hydrogens is 336 g/mol. The first-order chi connectivity index (χ1) is 12.5. The van der Waals surface area contributed by atoms with Gasteiger partial charge in [-0.15, -0.1) is 0 Å². The van der Waals surface area contributed by atoms with Gasteiger partial charge in [-0.25, -0.2) is 14.2 Å². The summed E-state index contributed by atoms with van der Waals surface area (Å²) in [7, 11) is 3.22. The molecule has 9 heteroatoms. The summed E-state index contributed by atoms with van der Waals surface area (Å²) < 4.78 is 4.43. The maximum Gasteiger partial charge on any atom is 0.345 e. The summed E-state index contributed by atoms with van der Waals surface area (Å²) in [5.41, 5.74) is -0.0119. The second-order valence-corrected chi connectivity index (χ2v) is 7.11. The summed E-state index contributed by atoms with van der Waals surface area (Å²) in [5, 5.41) is 8.50. The molecule has 9 nitrogen and oxygen atoms in total. The molecule has 0 aromatic carbocycles. The van der Waals surface area contributed by atoms with Gasteiger partial charge in [-0.05, 0) is 31.7 Å². The lowest BCUT2D eigenvalue weighted by molar-refractivity contribution is 0.0701. The van der Waals surface area contributed by atoms with Crippen molar-refractivity contribution in [3.63, 3.8) is 0 Å². The topological polar surface area (TPSA) is 95.0 Å². The number of piperidine rings is 1. The van der Waals surface area contributed by atoms with Gasteiger partial charge in [0, 0.05) is 45.2 Å². The van der Waals surface area contributed by atoms with E-state index in [0.29, 0.717) is 19.1 Å². The lowest BCUT2D eigenvalue weighted by Crippen LogP contribution is -2.39. The zero-order valence-electron chi connectivity index (χ0n) is 15.0. The molecule has 4 rings (SSSR count). The van der Waals surface area contributed by atoms with Crippen LogP contribution in [0.25, 0.3) is 0 Å². The van der Waals surface area contributed by atoms with Gasteiger partial charge in [0.15, 0.2) is 0 Å². The molecule has 0 unspecified atom stereocenters. The van der Waals surface area contributed by atoms with Crippen molar-refractivity contribution in [2.24, 2.45) is 14.1 Å².